The van der Waals surface area contributed by atoms with E-state index >= 15 is 0 Å². The number of ether oxygens (including phenoxy) is 1. The van der Waals surface area contributed by atoms with E-state index in [0.29, 0.717) is 6.04 Å². The van der Waals surface area contributed by atoms with E-state index in [2.05, 4.69) is 44.6 Å². The smallest absolute Gasteiger partial charge is 0.0630 e. The number of hydrogen-bond acceptors (Lipinski definition) is 4. The van der Waals surface area contributed by atoms with Crippen molar-refractivity contribution in [1.29, 1.82) is 0 Å². The minimum atomic E-state index is 0.413. The molecule has 16 heavy (non-hydrogen) atoms. The second kappa shape index (κ2) is 7.40. The molecule has 0 saturated heterocycles. The van der Waals surface area contributed by atoms with Crippen molar-refractivity contribution >= 4 is 27.3 Å². The van der Waals surface area contributed by atoms with Crippen LogP contribution < -0.4 is 5.32 Å². The third-order valence-electron chi connectivity index (χ3n) is 2.45. The van der Waals surface area contributed by atoms with Gasteiger partial charge in [-0.25, -0.2) is 0 Å². The van der Waals surface area contributed by atoms with Crippen LogP contribution >= 0.6 is 27.3 Å². The summed E-state index contributed by atoms with van der Waals surface area (Å²) in [5, 5.41) is 5.31. The van der Waals surface area contributed by atoms with Gasteiger partial charge in [-0.2, -0.15) is 0 Å². The van der Waals surface area contributed by atoms with Crippen LogP contribution in [0.4, 0.5) is 0 Å². The van der Waals surface area contributed by atoms with Crippen LogP contribution in [0.1, 0.15) is 4.88 Å². The normalized spacial score (nSPS) is 13.3. The van der Waals surface area contributed by atoms with Gasteiger partial charge < -0.3 is 10.1 Å². The van der Waals surface area contributed by atoms with Crippen molar-refractivity contribution in [2.75, 3.05) is 34.4 Å². The Morgan fingerprint density at radius 3 is 2.88 bits per heavy atom. The molecule has 1 N–H and O–H groups in total. The van der Waals surface area contributed by atoms with Crippen molar-refractivity contribution in [3.63, 3.8) is 0 Å². The maximum atomic E-state index is 5.23. The molecular formula is C11H19BrN2OS. The first-order valence-corrected chi connectivity index (χ1v) is 6.91. The maximum absolute atomic E-state index is 5.23. The minimum Gasteiger partial charge on any atom is -0.383 e. The standard InChI is InChI=1S/C11H19BrN2OS/c1-13-5-10(7-15-3)14(2)6-11-4-9(12)8-16-11/h4,8,10,13H,5-7H2,1-3H3. The second-order valence-corrected chi connectivity index (χ2v) is 5.72. The summed E-state index contributed by atoms with van der Waals surface area (Å²) in [6, 6.07) is 2.58. The lowest BCUT2D eigenvalue weighted by Gasteiger charge is -2.26. The SMILES string of the molecule is CNCC(COC)N(C)Cc1cc(Br)cs1. The van der Waals surface area contributed by atoms with E-state index in [1.807, 2.05) is 7.05 Å². The molecule has 1 heterocycles. The third-order valence-corrected chi connectivity index (χ3v) is 4.13. The van der Waals surface area contributed by atoms with Crippen LogP contribution in [0.5, 0.6) is 0 Å². The van der Waals surface area contributed by atoms with Gasteiger partial charge in [0.1, 0.15) is 0 Å². The van der Waals surface area contributed by atoms with Gasteiger partial charge in [0.25, 0.3) is 0 Å². The van der Waals surface area contributed by atoms with Crippen LogP contribution in [0, 0.1) is 0 Å². The molecule has 0 amide bonds. The highest BCUT2D eigenvalue weighted by Crippen LogP contribution is 2.21. The Morgan fingerprint density at radius 2 is 2.38 bits per heavy atom. The van der Waals surface area contributed by atoms with Crippen molar-refractivity contribution in [3.05, 3.63) is 20.8 Å². The van der Waals surface area contributed by atoms with Gasteiger partial charge in [0.15, 0.2) is 0 Å². The summed E-state index contributed by atoms with van der Waals surface area (Å²) in [5.74, 6) is 0. The van der Waals surface area contributed by atoms with Crippen LogP contribution in [-0.2, 0) is 11.3 Å². The number of hydrogen-bond donors (Lipinski definition) is 1. The van der Waals surface area contributed by atoms with E-state index in [1.165, 1.54) is 4.88 Å². The highest BCUT2D eigenvalue weighted by molar-refractivity contribution is 9.10. The van der Waals surface area contributed by atoms with Crippen LogP contribution in [0.15, 0.2) is 15.9 Å². The zero-order valence-corrected chi connectivity index (χ0v) is 12.4. The molecule has 0 fully saturated rings. The molecule has 0 aliphatic heterocycles. The molecule has 1 aromatic rings. The van der Waals surface area contributed by atoms with Gasteiger partial charge in [-0.05, 0) is 36.1 Å². The Labute approximate surface area is 110 Å². The van der Waals surface area contributed by atoms with Gasteiger partial charge in [-0.15, -0.1) is 11.3 Å². The van der Waals surface area contributed by atoms with Gasteiger partial charge in [0.2, 0.25) is 0 Å². The molecule has 0 aliphatic carbocycles. The van der Waals surface area contributed by atoms with Gasteiger partial charge in [0, 0.05) is 41.0 Å². The summed E-state index contributed by atoms with van der Waals surface area (Å²) in [4.78, 5) is 3.68. The average molecular weight is 307 g/mol. The Balaban J connectivity index is 2.50. The summed E-state index contributed by atoms with van der Waals surface area (Å²) >= 11 is 5.26. The highest BCUT2D eigenvalue weighted by Gasteiger charge is 2.14. The Hall–Kier alpha value is 0.0600. The Bertz CT molecular complexity index is 300. The molecule has 1 atom stereocenters. The number of rotatable bonds is 7. The van der Waals surface area contributed by atoms with E-state index in [4.69, 9.17) is 4.74 Å². The fourth-order valence-corrected chi connectivity index (χ4v) is 3.10. The molecule has 0 bridgehead atoms. The number of nitrogens with zero attached hydrogens (tertiary/aromatic N) is 1. The number of thiophene rings is 1. The number of methoxy groups -OCH3 is 1. The summed E-state index contributed by atoms with van der Waals surface area (Å²) in [5.41, 5.74) is 0. The first-order valence-electron chi connectivity index (χ1n) is 5.24. The number of nitrogens with one attached hydrogen (secondary N) is 1. The zero-order valence-electron chi connectivity index (χ0n) is 10.00. The topological polar surface area (TPSA) is 24.5 Å². The van der Waals surface area contributed by atoms with Gasteiger partial charge in [-0.3, -0.25) is 4.90 Å². The molecule has 1 aromatic heterocycles. The van der Waals surface area contributed by atoms with Crippen LogP contribution in [0.25, 0.3) is 0 Å². The van der Waals surface area contributed by atoms with E-state index in [-0.39, 0.29) is 0 Å². The minimum absolute atomic E-state index is 0.413. The lowest BCUT2D eigenvalue weighted by Crippen LogP contribution is -2.41. The third kappa shape index (κ3) is 4.51. The van der Waals surface area contributed by atoms with Gasteiger partial charge in [0.05, 0.1) is 6.61 Å². The molecule has 0 radical (unpaired) electrons. The van der Waals surface area contributed by atoms with E-state index in [9.17, 15) is 0 Å². The molecule has 92 valence electrons. The quantitative estimate of drug-likeness (QED) is 0.835. The molecular weight excluding hydrogens is 288 g/mol. The molecule has 0 saturated carbocycles. The zero-order chi connectivity index (χ0) is 12.0. The largest absolute Gasteiger partial charge is 0.383 e. The van der Waals surface area contributed by atoms with Crippen LogP contribution in [0.3, 0.4) is 0 Å². The van der Waals surface area contributed by atoms with Crippen molar-refractivity contribution in [2.45, 2.75) is 12.6 Å². The summed E-state index contributed by atoms with van der Waals surface area (Å²) < 4.78 is 6.40. The fraction of sp³-hybridized carbons (Fsp3) is 0.636. The van der Waals surface area contributed by atoms with Crippen LogP contribution in [0.2, 0.25) is 0 Å². The highest BCUT2D eigenvalue weighted by atomic mass is 79.9. The lowest BCUT2D eigenvalue weighted by molar-refractivity contribution is 0.103. The predicted molar refractivity (Wildman–Crippen MR) is 73.1 cm³/mol. The average Bonchev–Trinajstić information content (AvgIpc) is 2.63. The number of likely N-dealkylation sites (N-methyl/N-ethyl adjacent to an activating group) is 2. The van der Waals surface area contributed by atoms with Crippen molar-refractivity contribution in [1.82, 2.24) is 10.2 Å². The summed E-state index contributed by atoms with van der Waals surface area (Å²) in [6.07, 6.45) is 0. The van der Waals surface area contributed by atoms with Crippen molar-refractivity contribution in [2.24, 2.45) is 0 Å². The molecule has 1 rings (SSSR count). The van der Waals surface area contributed by atoms with Gasteiger partial charge in [-0.1, -0.05) is 0 Å². The predicted octanol–water partition coefficient (Wildman–Crippen LogP) is 2.18. The fourth-order valence-electron chi connectivity index (χ4n) is 1.58. The number of halogens is 1. The first-order chi connectivity index (χ1) is 7.67. The Morgan fingerprint density at radius 1 is 1.62 bits per heavy atom. The molecule has 0 aliphatic rings. The molecule has 3 nitrogen and oxygen atoms in total. The summed E-state index contributed by atoms with van der Waals surface area (Å²) in [7, 11) is 5.85. The second-order valence-electron chi connectivity index (χ2n) is 3.81. The van der Waals surface area contributed by atoms with Crippen LogP contribution in [-0.4, -0.2) is 45.3 Å². The van der Waals surface area contributed by atoms with E-state index < -0.39 is 0 Å². The maximum Gasteiger partial charge on any atom is 0.0630 e. The lowest BCUT2D eigenvalue weighted by atomic mass is 10.2. The Kier molecular flexibility index (Phi) is 6.53. The monoisotopic (exact) mass is 306 g/mol. The molecule has 1 unspecified atom stereocenters. The van der Waals surface area contributed by atoms with E-state index in [0.717, 1.165) is 24.2 Å². The van der Waals surface area contributed by atoms with Gasteiger partial charge >= 0.3 is 0 Å². The first kappa shape index (κ1) is 14.1. The molecule has 0 spiro atoms. The van der Waals surface area contributed by atoms with Crippen molar-refractivity contribution < 1.29 is 4.74 Å². The summed E-state index contributed by atoms with van der Waals surface area (Å²) in [6.45, 7) is 2.66. The van der Waals surface area contributed by atoms with Crippen molar-refractivity contribution in [3.8, 4) is 0 Å². The molecule has 0 aromatic carbocycles. The van der Waals surface area contributed by atoms with E-state index in [1.54, 1.807) is 18.4 Å². The molecule has 5 heteroatoms.